The normalized spacial score (nSPS) is 17.1. The summed E-state index contributed by atoms with van der Waals surface area (Å²) in [4.78, 5) is 4.88. The largest absolute Gasteiger partial charge is 0.487 e. The number of benzene rings is 1. The molecule has 3 nitrogen and oxygen atoms in total. The molecule has 2 heterocycles. The van der Waals surface area contributed by atoms with E-state index in [1.807, 2.05) is 12.1 Å². The van der Waals surface area contributed by atoms with Crippen LogP contribution in [0.2, 0.25) is 0 Å². The van der Waals surface area contributed by atoms with Crippen molar-refractivity contribution in [2.75, 3.05) is 13.1 Å². The summed E-state index contributed by atoms with van der Waals surface area (Å²) < 4.78 is 6.05. The van der Waals surface area contributed by atoms with E-state index >= 15 is 0 Å². The van der Waals surface area contributed by atoms with Gasteiger partial charge in [-0.15, -0.1) is 0 Å². The first-order valence-electron chi connectivity index (χ1n) is 7.82. The molecule has 1 aliphatic heterocycles. The van der Waals surface area contributed by atoms with Gasteiger partial charge in [-0.2, -0.15) is 0 Å². The van der Waals surface area contributed by atoms with Gasteiger partial charge in [-0.05, 0) is 71.0 Å². The summed E-state index contributed by atoms with van der Waals surface area (Å²) in [6.07, 6.45) is 2.35. The Morgan fingerprint density at radius 2 is 1.86 bits per heavy atom. The highest BCUT2D eigenvalue weighted by molar-refractivity contribution is 5.85. The second-order valence-electron chi connectivity index (χ2n) is 6.80. The Morgan fingerprint density at radius 3 is 2.57 bits per heavy atom. The lowest BCUT2D eigenvalue weighted by molar-refractivity contribution is 0.133. The molecular formula is C18H24N2O. The third-order valence-corrected chi connectivity index (χ3v) is 3.89. The highest BCUT2D eigenvalue weighted by atomic mass is 16.5. The highest BCUT2D eigenvalue weighted by Gasteiger charge is 2.18. The van der Waals surface area contributed by atoms with Gasteiger partial charge in [0.25, 0.3) is 0 Å². The van der Waals surface area contributed by atoms with Crippen molar-refractivity contribution < 1.29 is 4.74 Å². The van der Waals surface area contributed by atoms with Crippen LogP contribution in [0.1, 0.15) is 45.2 Å². The smallest absolute Gasteiger partial charge is 0.129 e. The van der Waals surface area contributed by atoms with E-state index in [9.17, 15) is 0 Å². The van der Waals surface area contributed by atoms with Crippen LogP contribution in [0.3, 0.4) is 0 Å². The van der Waals surface area contributed by atoms with Crippen LogP contribution >= 0.6 is 0 Å². The predicted molar refractivity (Wildman–Crippen MR) is 87.0 cm³/mol. The van der Waals surface area contributed by atoms with Gasteiger partial charge in [0.2, 0.25) is 0 Å². The van der Waals surface area contributed by atoms with Crippen LogP contribution in [-0.2, 0) is 0 Å². The molecule has 1 aromatic carbocycles. The number of nitrogens with zero attached hydrogens (tertiary/aromatic N) is 1. The zero-order valence-corrected chi connectivity index (χ0v) is 13.1. The van der Waals surface area contributed by atoms with Gasteiger partial charge in [0, 0.05) is 17.0 Å². The maximum absolute atomic E-state index is 6.05. The van der Waals surface area contributed by atoms with Crippen molar-refractivity contribution in [3.63, 3.8) is 0 Å². The fourth-order valence-corrected chi connectivity index (χ4v) is 2.91. The Balaban J connectivity index is 1.95. The molecule has 21 heavy (non-hydrogen) atoms. The average Bonchev–Trinajstić information content (AvgIpc) is 2.46. The Hall–Kier alpha value is -1.61. The Morgan fingerprint density at radius 1 is 1.10 bits per heavy atom. The van der Waals surface area contributed by atoms with Crippen LogP contribution < -0.4 is 10.1 Å². The molecule has 0 spiro atoms. The van der Waals surface area contributed by atoms with Gasteiger partial charge in [0.05, 0.1) is 5.52 Å². The molecule has 0 aliphatic carbocycles. The minimum absolute atomic E-state index is 0.192. The molecule has 0 radical (unpaired) electrons. The van der Waals surface area contributed by atoms with Gasteiger partial charge in [-0.1, -0.05) is 6.07 Å². The second-order valence-corrected chi connectivity index (χ2v) is 6.80. The van der Waals surface area contributed by atoms with E-state index < -0.39 is 0 Å². The molecule has 1 saturated heterocycles. The second kappa shape index (κ2) is 5.64. The third kappa shape index (κ3) is 3.35. The average molecular weight is 284 g/mol. The number of fused-ring (bicyclic) bond motifs is 1. The molecule has 0 saturated carbocycles. The minimum Gasteiger partial charge on any atom is -0.487 e. The molecule has 3 heteroatoms. The van der Waals surface area contributed by atoms with Crippen LogP contribution in [0.25, 0.3) is 10.9 Å². The summed E-state index contributed by atoms with van der Waals surface area (Å²) in [6.45, 7) is 8.41. The third-order valence-electron chi connectivity index (χ3n) is 3.89. The van der Waals surface area contributed by atoms with Gasteiger partial charge in [0.1, 0.15) is 11.4 Å². The summed E-state index contributed by atoms with van der Waals surface area (Å²) in [5, 5.41) is 4.51. The van der Waals surface area contributed by atoms with E-state index in [0.717, 1.165) is 29.7 Å². The summed E-state index contributed by atoms with van der Waals surface area (Å²) >= 11 is 0. The van der Waals surface area contributed by atoms with E-state index in [0.29, 0.717) is 5.92 Å². The maximum atomic E-state index is 6.05. The lowest BCUT2D eigenvalue weighted by Gasteiger charge is -2.24. The lowest BCUT2D eigenvalue weighted by Crippen LogP contribution is -2.27. The minimum atomic E-state index is -0.192. The maximum Gasteiger partial charge on any atom is 0.129 e. The van der Waals surface area contributed by atoms with Crippen molar-refractivity contribution in [3.8, 4) is 5.75 Å². The van der Waals surface area contributed by atoms with Gasteiger partial charge in [-0.3, -0.25) is 4.98 Å². The number of hydrogen-bond donors (Lipinski definition) is 1. The number of ether oxygens (including phenoxy) is 1. The van der Waals surface area contributed by atoms with Crippen molar-refractivity contribution in [3.05, 3.63) is 36.0 Å². The molecule has 0 atom stereocenters. The zero-order valence-electron chi connectivity index (χ0n) is 13.1. The molecule has 112 valence electrons. The molecule has 0 amide bonds. The van der Waals surface area contributed by atoms with Crippen LogP contribution in [0.15, 0.2) is 30.3 Å². The zero-order chi connectivity index (χ0) is 14.9. The summed E-state index contributed by atoms with van der Waals surface area (Å²) in [5.41, 5.74) is 2.06. The van der Waals surface area contributed by atoms with Gasteiger partial charge in [0.15, 0.2) is 0 Å². The van der Waals surface area contributed by atoms with E-state index in [4.69, 9.17) is 9.72 Å². The van der Waals surface area contributed by atoms with E-state index in [1.165, 1.54) is 18.5 Å². The molecule has 0 unspecified atom stereocenters. The monoisotopic (exact) mass is 284 g/mol. The molecule has 1 aromatic heterocycles. The molecule has 1 N–H and O–H groups in total. The fraction of sp³-hybridized carbons (Fsp3) is 0.500. The van der Waals surface area contributed by atoms with Crippen LogP contribution in [0.5, 0.6) is 5.75 Å². The molecule has 1 aliphatic rings. The number of pyridine rings is 1. The van der Waals surface area contributed by atoms with E-state index in [1.54, 1.807) is 0 Å². The van der Waals surface area contributed by atoms with Crippen LogP contribution in [0, 0.1) is 0 Å². The Kier molecular flexibility index (Phi) is 3.85. The first-order chi connectivity index (χ1) is 10.0. The summed E-state index contributed by atoms with van der Waals surface area (Å²) in [6, 6.07) is 10.5. The first kappa shape index (κ1) is 14.3. The Bertz CT molecular complexity index is 625. The molecule has 2 aromatic rings. The number of hydrogen-bond acceptors (Lipinski definition) is 3. The topological polar surface area (TPSA) is 34.1 Å². The van der Waals surface area contributed by atoms with Gasteiger partial charge in [-0.25, -0.2) is 0 Å². The van der Waals surface area contributed by atoms with Crippen LogP contribution in [-0.4, -0.2) is 23.7 Å². The van der Waals surface area contributed by atoms with Crippen molar-refractivity contribution in [1.82, 2.24) is 10.3 Å². The highest BCUT2D eigenvalue weighted by Crippen LogP contribution is 2.30. The summed E-state index contributed by atoms with van der Waals surface area (Å²) in [7, 11) is 0. The molecule has 1 fully saturated rings. The number of aromatic nitrogens is 1. The van der Waals surface area contributed by atoms with E-state index in [-0.39, 0.29) is 5.60 Å². The predicted octanol–water partition coefficient (Wildman–Crippen LogP) is 3.88. The van der Waals surface area contributed by atoms with Crippen molar-refractivity contribution in [2.45, 2.75) is 45.1 Å². The number of nitrogens with one attached hydrogen (secondary N) is 1. The van der Waals surface area contributed by atoms with Gasteiger partial charge >= 0.3 is 0 Å². The van der Waals surface area contributed by atoms with Crippen molar-refractivity contribution >= 4 is 10.9 Å². The molecule has 0 bridgehead atoms. The van der Waals surface area contributed by atoms with Gasteiger partial charge < -0.3 is 10.1 Å². The summed E-state index contributed by atoms with van der Waals surface area (Å²) in [5.74, 6) is 1.51. The van der Waals surface area contributed by atoms with Crippen LogP contribution in [0.4, 0.5) is 0 Å². The van der Waals surface area contributed by atoms with Crippen molar-refractivity contribution in [1.29, 1.82) is 0 Å². The van der Waals surface area contributed by atoms with Crippen molar-refractivity contribution in [2.24, 2.45) is 0 Å². The van der Waals surface area contributed by atoms with E-state index in [2.05, 4.69) is 44.3 Å². The lowest BCUT2D eigenvalue weighted by atomic mass is 9.94. The number of rotatable bonds is 2. The first-order valence-corrected chi connectivity index (χ1v) is 7.82. The number of piperidine rings is 1. The molecule has 3 rings (SSSR count). The SMILES string of the molecule is CC(C)(C)Oc1cccc2nc(C3CCNCC3)ccc12. The molecular weight excluding hydrogens is 260 g/mol. The standard InChI is InChI=1S/C18H24N2O/c1-18(2,3)21-17-6-4-5-16-14(17)7-8-15(20-16)13-9-11-19-12-10-13/h4-8,13,19H,9-12H2,1-3H3. The fourth-order valence-electron chi connectivity index (χ4n) is 2.91. The quantitative estimate of drug-likeness (QED) is 0.908. The Labute approximate surface area is 126 Å².